The molecule has 0 spiro atoms. The molecule has 1 aromatic carbocycles. The first-order chi connectivity index (χ1) is 11.3. The number of hydrogen-bond acceptors (Lipinski definition) is 4. The third-order valence-electron chi connectivity index (χ3n) is 4.26. The van der Waals surface area contributed by atoms with Crippen molar-refractivity contribution in [1.82, 2.24) is 15.5 Å². The lowest BCUT2D eigenvalue weighted by Crippen LogP contribution is -2.48. The van der Waals surface area contributed by atoms with Crippen LogP contribution in [0.3, 0.4) is 0 Å². The van der Waals surface area contributed by atoms with Crippen LogP contribution in [0.2, 0.25) is 0 Å². The van der Waals surface area contributed by atoms with E-state index in [0.29, 0.717) is 18.2 Å². The van der Waals surface area contributed by atoms with Gasteiger partial charge < -0.3 is 15.7 Å². The fourth-order valence-electron chi connectivity index (χ4n) is 3.10. The lowest BCUT2D eigenvalue weighted by molar-refractivity contribution is -0.124. The van der Waals surface area contributed by atoms with E-state index in [9.17, 15) is 9.90 Å². The van der Waals surface area contributed by atoms with Crippen LogP contribution < -0.4 is 10.6 Å². The van der Waals surface area contributed by atoms with Gasteiger partial charge in [0.25, 0.3) is 0 Å². The fraction of sp³-hybridized carbons (Fsp3) is 0.632. The summed E-state index contributed by atoms with van der Waals surface area (Å²) in [7, 11) is 0. The van der Waals surface area contributed by atoms with E-state index in [-0.39, 0.29) is 11.4 Å². The lowest BCUT2D eigenvalue weighted by Gasteiger charge is -2.32. The predicted octanol–water partition coefficient (Wildman–Crippen LogP) is 2.11. The van der Waals surface area contributed by atoms with Gasteiger partial charge in [-0.25, -0.2) is 0 Å². The molecule has 0 bridgehead atoms. The lowest BCUT2D eigenvalue weighted by atomic mass is 9.96. The number of piperidine rings is 1. The van der Waals surface area contributed by atoms with Gasteiger partial charge in [0.15, 0.2) is 0 Å². The van der Waals surface area contributed by atoms with E-state index >= 15 is 0 Å². The van der Waals surface area contributed by atoms with Crippen molar-refractivity contribution in [3.63, 3.8) is 0 Å². The number of aromatic hydroxyl groups is 1. The molecule has 1 heterocycles. The number of benzene rings is 1. The molecule has 134 valence electrons. The van der Waals surface area contributed by atoms with Crippen LogP contribution in [-0.4, -0.2) is 47.6 Å². The van der Waals surface area contributed by atoms with Crippen LogP contribution in [0.1, 0.15) is 39.2 Å². The number of phenolic OH excluding ortho intramolecular Hbond substituents is 1. The molecule has 5 nitrogen and oxygen atoms in total. The second-order valence-corrected chi connectivity index (χ2v) is 7.82. The van der Waals surface area contributed by atoms with Gasteiger partial charge in [-0.15, -0.1) is 0 Å². The smallest absolute Gasteiger partial charge is 0.234 e. The number of nitrogens with zero attached hydrogens (tertiary/aromatic N) is 1. The molecule has 1 fully saturated rings. The Morgan fingerprint density at radius 3 is 2.62 bits per heavy atom. The number of phenols is 1. The average molecular weight is 333 g/mol. The van der Waals surface area contributed by atoms with Crippen molar-refractivity contribution in [1.29, 1.82) is 0 Å². The summed E-state index contributed by atoms with van der Waals surface area (Å²) in [6, 6.07) is 7.37. The number of amides is 1. The average Bonchev–Trinajstić information content (AvgIpc) is 2.47. The van der Waals surface area contributed by atoms with Crippen molar-refractivity contribution >= 4 is 5.91 Å². The number of hydrogen-bond donors (Lipinski definition) is 3. The molecule has 1 aliphatic rings. The minimum atomic E-state index is -0.162. The molecule has 1 aliphatic heterocycles. The second-order valence-electron chi connectivity index (χ2n) is 7.82. The van der Waals surface area contributed by atoms with E-state index in [1.807, 2.05) is 32.9 Å². The van der Waals surface area contributed by atoms with Gasteiger partial charge in [0.2, 0.25) is 5.91 Å². The minimum Gasteiger partial charge on any atom is -0.508 e. The Bertz CT molecular complexity index is 532. The number of rotatable bonds is 6. The molecule has 0 saturated carbocycles. The first kappa shape index (κ1) is 18.7. The second kappa shape index (κ2) is 8.49. The van der Waals surface area contributed by atoms with E-state index < -0.39 is 0 Å². The summed E-state index contributed by atoms with van der Waals surface area (Å²) in [6.07, 6.45) is 2.24. The maximum Gasteiger partial charge on any atom is 0.234 e. The summed E-state index contributed by atoms with van der Waals surface area (Å²) in [6.45, 7) is 10.3. The normalized spacial score (nSPS) is 17.0. The molecule has 24 heavy (non-hydrogen) atoms. The van der Waals surface area contributed by atoms with E-state index in [1.165, 1.54) is 0 Å². The molecule has 0 aromatic heterocycles. The molecule has 2 rings (SSSR count). The topological polar surface area (TPSA) is 64.6 Å². The van der Waals surface area contributed by atoms with Gasteiger partial charge in [0.05, 0.1) is 6.54 Å². The molecule has 3 N–H and O–H groups in total. The van der Waals surface area contributed by atoms with E-state index in [1.54, 1.807) is 12.1 Å². The van der Waals surface area contributed by atoms with Crippen LogP contribution in [0.15, 0.2) is 24.3 Å². The molecule has 5 heteroatoms. The highest BCUT2D eigenvalue weighted by Gasteiger charge is 2.22. The Morgan fingerprint density at radius 1 is 1.29 bits per heavy atom. The summed E-state index contributed by atoms with van der Waals surface area (Å²) >= 11 is 0. The SMILES string of the molecule is CC(C)(C)NC(=O)CN1CCC(CNCc2cccc(O)c2)CC1. The zero-order valence-corrected chi connectivity index (χ0v) is 15.1. The van der Waals surface area contributed by atoms with Gasteiger partial charge in [0, 0.05) is 12.1 Å². The van der Waals surface area contributed by atoms with Gasteiger partial charge in [0.1, 0.15) is 5.75 Å². The highest BCUT2D eigenvalue weighted by molar-refractivity contribution is 5.78. The molecule has 0 atom stereocenters. The quantitative estimate of drug-likeness (QED) is 0.746. The van der Waals surface area contributed by atoms with E-state index in [4.69, 9.17) is 0 Å². The van der Waals surface area contributed by atoms with Crippen LogP contribution in [0.25, 0.3) is 0 Å². The minimum absolute atomic E-state index is 0.114. The standard InChI is InChI=1S/C19H31N3O2/c1-19(2,3)21-18(24)14-22-9-7-15(8-10-22)12-20-13-16-5-4-6-17(23)11-16/h4-6,11,15,20,23H,7-10,12-14H2,1-3H3,(H,21,24). The van der Waals surface area contributed by atoms with Crippen molar-refractivity contribution in [2.45, 2.75) is 45.7 Å². The molecule has 0 unspecified atom stereocenters. The Labute approximate surface area is 145 Å². The van der Waals surface area contributed by atoms with Crippen molar-refractivity contribution in [3.05, 3.63) is 29.8 Å². The largest absolute Gasteiger partial charge is 0.508 e. The third kappa shape index (κ3) is 6.89. The molecule has 1 amide bonds. The van der Waals surface area contributed by atoms with E-state index in [2.05, 4.69) is 15.5 Å². The van der Waals surface area contributed by atoms with Gasteiger partial charge in [-0.1, -0.05) is 12.1 Å². The zero-order chi connectivity index (χ0) is 17.6. The van der Waals surface area contributed by atoms with Crippen molar-refractivity contribution in [2.75, 3.05) is 26.2 Å². The third-order valence-corrected chi connectivity index (χ3v) is 4.26. The highest BCUT2D eigenvalue weighted by atomic mass is 16.3. The fourth-order valence-corrected chi connectivity index (χ4v) is 3.10. The van der Waals surface area contributed by atoms with Crippen molar-refractivity contribution < 1.29 is 9.90 Å². The highest BCUT2D eigenvalue weighted by Crippen LogP contribution is 2.17. The Kier molecular flexibility index (Phi) is 6.63. The first-order valence-corrected chi connectivity index (χ1v) is 8.84. The van der Waals surface area contributed by atoms with Gasteiger partial charge >= 0.3 is 0 Å². The maximum absolute atomic E-state index is 12.0. The van der Waals surface area contributed by atoms with Gasteiger partial charge in [-0.05, 0) is 76.9 Å². The van der Waals surface area contributed by atoms with Crippen molar-refractivity contribution in [2.24, 2.45) is 5.92 Å². The first-order valence-electron chi connectivity index (χ1n) is 8.84. The molecular formula is C19H31N3O2. The van der Waals surface area contributed by atoms with Gasteiger partial charge in [-0.2, -0.15) is 0 Å². The van der Waals surface area contributed by atoms with Crippen LogP contribution in [0, 0.1) is 5.92 Å². The van der Waals surface area contributed by atoms with Crippen LogP contribution in [0.5, 0.6) is 5.75 Å². The van der Waals surface area contributed by atoms with Crippen LogP contribution >= 0.6 is 0 Å². The predicted molar refractivity (Wildman–Crippen MR) is 96.9 cm³/mol. The molecular weight excluding hydrogens is 302 g/mol. The Balaban J connectivity index is 1.63. The molecule has 0 aliphatic carbocycles. The molecule has 0 radical (unpaired) electrons. The molecule has 1 aromatic rings. The van der Waals surface area contributed by atoms with Crippen LogP contribution in [0.4, 0.5) is 0 Å². The summed E-state index contributed by atoms with van der Waals surface area (Å²) in [5, 5.41) is 16.0. The van der Waals surface area contributed by atoms with Crippen LogP contribution in [-0.2, 0) is 11.3 Å². The van der Waals surface area contributed by atoms with Gasteiger partial charge in [-0.3, -0.25) is 9.69 Å². The Hall–Kier alpha value is -1.59. The zero-order valence-electron chi connectivity index (χ0n) is 15.1. The maximum atomic E-state index is 12.0. The summed E-state index contributed by atoms with van der Waals surface area (Å²) in [5.41, 5.74) is 0.942. The monoisotopic (exact) mass is 333 g/mol. The summed E-state index contributed by atoms with van der Waals surface area (Å²) in [4.78, 5) is 14.2. The number of carbonyl (C=O) groups excluding carboxylic acids is 1. The number of carbonyl (C=O) groups is 1. The summed E-state index contributed by atoms with van der Waals surface area (Å²) < 4.78 is 0. The van der Waals surface area contributed by atoms with Crippen molar-refractivity contribution in [3.8, 4) is 5.75 Å². The number of nitrogens with one attached hydrogen (secondary N) is 2. The van der Waals surface area contributed by atoms with E-state index in [0.717, 1.165) is 44.6 Å². The number of likely N-dealkylation sites (tertiary alicyclic amines) is 1. The Morgan fingerprint density at radius 2 is 2.00 bits per heavy atom. The molecule has 1 saturated heterocycles. The summed E-state index contributed by atoms with van der Waals surface area (Å²) in [5.74, 6) is 1.09.